The summed E-state index contributed by atoms with van der Waals surface area (Å²) in [6, 6.07) is 10.9. The summed E-state index contributed by atoms with van der Waals surface area (Å²) >= 11 is 12.3. The molecule has 1 aliphatic heterocycles. The first-order valence-corrected chi connectivity index (χ1v) is 10.8. The second-order valence-electron chi connectivity index (χ2n) is 7.75. The number of aromatic nitrogens is 1. The van der Waals surface area contributed by atoms with E-state index in [1.807, 2.05) is 24.3 Å². The molecule has 0 unspecified atom stereocenters. The fourth-order valence-corrected chi connectivity index (χ4v) is 4.58. The van der Waals surface area contributed by atoms with Gasteiger partial charge in [-0.3, -0.25) is 0 Å². The number of aromatic amines is 1. The van der Waals surface area contributed by atoms with Crippen LogP contribution in [-0.4, -0.2) is 29.5 Å². The van der Waals surface area contributed by atoms with Crippen molar-refractivity contribution >= 4 is 34.1 Å². The van der Waals surface area contributed by atoms with E-state index in [9.17, 15) is 4.39 Å². The van der Waals surface area contributed by atoms with Crippen molar-refractivity contribution in [1.82, 2.24) is 9.88 Å². The maximum atomic E-state index is 13.1. The second kappa shape index (κ2) is 8.86. The Morgan fingerprint density at radius 3 is 2.46 bits per heavy atom. The summed E-state index contributed by atoms with van der Waals surface area (Å²) < 4.78 is 13.1. The maximum absolute atomic E-state index is 13.1. The molecular formula is C23H25Cl2FN2. The number of nitrogens with one attached hydrogen (secondary N) is 1. The number of hydrogen-bond acceptors (Lipinski definition) is 1. The molecule has 1 aromatic heterocycles. The minimum atomic E-state index is -0.151. The molecule has 0 amide bonds. The van der Waals surface area contributed by atoms with Gasteiger partial charge in [-0.2, -0.15) is 0 Å². The zero-order chi connectivity index (χ0) is 19.5. The van der Waals surface area contributed by atoms with Crippen LogP contribution in [-0.2, 0) is 6.42 Å². The fraction of sp³-hybridized carbons (Fsp3) is 0.391. The zero-order valence-corrected chi connectivity index (χ0v) is 17.4. The van der Waals surface area contributed by atoms with E-state index in [1.54, 1.807) is 12.1 Å². The van der Waals surface area contributed by atoms with E-state index in [2.05, 4.69) is 16.1 Å². The highest BCUT2D eigenvalue weighted by Gasteiger charge is 2.20. The number of unbranched alkanes of at least 4 members (excludes halogenated alkanes) is 1. The van der Waals surface area contributed by atoms with Crippen molar-refractivity contribution in [3.05, 3.63) is 69.6 Å². The summed E-state index contributed by atoms with van der Waals surface area (Å²) in [7, 11) is 0. The number of fused-ring (bicyclic) bond motifs is 1. The number of aryl methyl sites for hydroxylation is 1. The monoisotopic (exact) mass is 418 g/mol. The van der Waals surface area contributed by atoms with Gasteiger partial charge in [0.05, 0.1) is 10.0 Å². The molecule has 0 radical (unpaired) electrons. The predicted molar refractivity (Wildman–Crippen MR) is 116 cm³/mol. The highest BCUT2D eigenvalue weighted by Crippen LogP contribution is 2.30. The Bertz CT molecular complexity index is 928. The summed E-state index contributed by atoms with van der Waals surface area (Å²) in [6.07, 6.45) is 7.79. The van der Waals surface area contributed by atoms with Crippen LogP contribution in [0.4, 0.5) is 4.39 Å². The van der Waals surface area contributed by atoms with Crippen molar-refractivity contribution in [2.45, 2.75) is 38.0 Å². The Labute approximate surface area is 175 Å². The van der Waals surface area contributed by atoms with Crippen molar-refractivity contribution in [2.24, 2.45) is 0 Å². The van der Waals surface area contributed by atoms with Crippen LogP contribution in [0.2, 0.25) is 10.0 Å². The van der Waals surface area contributed by atoms with Gasteiger partial charge in [0.15, 0.2) is 0 Å². The van der Waals surface area contributed by atoms with Crippen molar-refractivity contribution in [2.75, 3.05) is 19.6 Å². The van der Waals surface area contributed by atoms with Gasteiger partial charge in [0, 0.05) is 17.1 Å². The van der Waals surface area contributed by atoms with Gasteiger partial charge in [0.1, 0.15) is 5.82 Å². The van der Waals surface area contributed by atoms with Crippen LogP contribution in [0.3, 0.4) is 0 Å². The van der Waals surface area contributed by atoms with E-state index >= 15 is 0 Å². The molecular weight excluding hydrogens is 394 g/mol. The van der Waals surface area contributed by atoms with Gasteiger partial charge in [-0.15, -0.1) is 0 Å². The molecule has 2 heterocycles. The summed E-state index contributed by atoms with van der Waals surface area (Å²) in [5, 5.41) is 2.38. The molecule has 5 heteroatoms. The van der Waals surface area contributed by atoms with Crippen LogP contribution < -0.4 is 0 Å². The number of rotatable bonds is 6. The van der Waals surface area contributed by atoms with E-state index in [1.165, 1.54) is 22.9 Å². The molecule has 0 atom stereocenters. The Kier molecular flexibility index (Phi) is 6.25. The molecule has 3 aromatic rings. The molecule has 148 valence electrons. The molecule has 1 N–H and O–H groups in total. The third kappa shape index (κ3) is 4.53. The highest BCUT2D eigenvalue weighted by molar-refractivity contribution is 6.42. The SMILES string of the molecule is Fc1ccc(C2CCN(CCCCc3c[nH]c4cc(Cl)c(Cl)cc34)CC2)cc1. The first-order valence-electron chi connectivity index (χ1n) is 10.0. The Morgan fingerprint density at radius 1 is 1.00 bits per heavy atom. The quantitative estimate of drug-likeness (QED) is 0.435. The molecule has 4 rings (SSSR count). The second-order valence-corrected chi connectivity index (χ2v) is 8.56. The van der Waals surface area contributed by atoms with Crippen molar-refractivity contribution in [3.8, 4) is 0 Å². The fourth-order valence-electron chi connectivity index (χ4n) is 4.26. The third-order valence-electron chi connectivity index (χ3n) is 5.91. The average molecular weight is 419 g/mol. The van der Waals surface area contributed by atoms with Crippen LogP contribution in [0.5, 0.6) is 0 Å². The molecule has 1 saturated heterocycles. The topological polar surface area (TPSA) is 19.0 Å². The molecule has 1 aliphatic rings. The lowest BCUT2D eigenvalue weighted by Crippen LogP contribution is -2.33. The summed E-state index contributed by atoms with van der Waals surface area (Å²) in [5.41, 5.74) is 3.63. The van der Waals surface area contributed by atoms with Crippen LogP contribution in [0, 0.1) is 5.82 Å². The number of piperidine rings is 1. The predicted octanol–water partition coefficient (Wildman–Crippen LogP) is 6.82. The molecule has 28 heavy (non-hydrogen) atoms. The highest BCUT2D eigenvalue weighted by atomic mass is 35.5. The molecule has 0 bridgehead atoms. The maximum Gasteiger partial charge on any atom is 0.123 e. The van der Waals surface area contributed by atoms with Crippen LogP contribution in [0.1, 0.15) is 42.7 Å². The Hall–Kier alpha value is -1.55. The van der Waals surface area contributed by atoms with Gasteiger partial charge >= 0.3 is 0 Å². The number of nitrogens with zero attached hydrogens (tertiary/aromatic N) is 1. The number of likely N-dealkylation sites (tertiary alicyclic amines) is 1. The van der Waals surface area contributed by atoms with E-state index in [-0.39, 0.29) is 5.82 Å². The van der Waals surface area contributed by atoms with Gasteiger partial charge in [-0.25, -0.2) is 4.39 Å². The number of hydrogen-bond donors (Lipinski definition) is 1. The van der Waals surface area contributed by atoms with Gasteiger partial charge in [0.25, 0.3) is 0 Å². The molecule has 0 saturated carbocycles. The Balaban J connectivity index is 1.22. The lowest BCUT2D eigenvalue weighted by molar-refractivity contribution is 0.209. The lowest BCUT2D eigenvalue weighted by atomic mass is 9.89. The zero-order valence-electron chi connectivity index (χ0n) is 15.9. The smallest absolute Gasteiger partial charge is 0.123 e. The van der Waals surface area contributed by atoms with Crippen molar-refractivity contribution in [3.63, 3.8) is 0 Å². The van der Waals surface area contributed by atoms with E-state index in [0.29, 0.717) is 16.0 Å². The van der Waals surface area contributed by atoms with Gasteiger partial charge < -0.3 is 9.88 Å². The molecule has 0 aliphatic carbocycles. The Morgan fingerprint density at radius 2 is 1.71 bits per heavy atom. The van der Waals surface area contributed by atoms with Gasteiger partial charge in [-0.05, 0) is 93.0 Å². The van der Waals surface area contributed by atoms with Crippen molar-refractivity contribution in [1.29, 1.82) is 0 Å². The number of benzene rings is 2. The van der Waals surface area contributed by atoms with Crippen LogP contribution >= 0.6 is 23.2 Å². The lowest BCUT2D eigenvalue weighted by Gasteiger charge is -2.32. The van der Waals surface area contributed by atoms with E-state index in [0.717, 1.165) is 50.8 Å². The number of H-pyrrole nitrogens is 1. The standard InChI is InChI=1S/C23H25Cl2FN2/c24-21-13-20-18(15-27-23(20)14-22(21)25)3-1-2-10-28-11-8-17(9-12-28)16-4-6-19(26)7-5-16/h4-7,13-15,17,27H,1-3,8-12H2. The first-order chi connectivity index (χ1) is 13.6. The third-order valence-corrected chi connectivity index (χ3v) is 6.63. The largest absolute Gasteiger partial charge is 0.361 e. The normalized spacial score (nSPS) is 16.1. The summed E-state index contributed by atoms with van der Waals surface area (Å²) in [4.78, 5) is 5.85. The molecule has 2 nitrogen and oxygen atoms in total. The average Bonchev–Trinajstić information content (AvgIpc) is 3.08. The summed E-state index contributed by atoms with van der Waals surface area (Å²) in [5.74, 6) is 0.418. The molecule has 1 fully saturated rings. The van der Waals surface area contributed by atoms with E-state index in [4.69, 9.17) is 23.2 Å². The summed E-state index contributed by atoms with van der Waals surface area (Å²) in [6.45, 7) is 3.40. The van der Waals surface area contributed by atoms with Crippen LogP contribution in [0.15, 0.2) is 42.6 Å². The number of halogens is 3. The van der Waals surface area contributed by atoms with Gasteiger partial charge in [0.2, 0.25) is 0 Å². The van der Waals surface area contributed by atoms with E-state index < -0.39 is 0 Å². The van der Waals surface area contributed by atoms with Crippen molar-refractivity contribution < 1.29 is 4.39 Å². The molecule has 2 aromatic carbocycles. The first kappa shape index (κ1) is 19.8. The van der Waals surface area contributed by atoms with Gasteiger partial charge in [-0.1, -0.05) is 35.3 Å². The van der Waals surface area contributed by atoms with Crippen LogP contribution in [0.25, 0.3) is 10.9 Å². The minimum absolute atomic E-state index is 0.151. The minimum Gasteiger partial charge on any atom is -0.361 e. The molecule has 0 spiro atoms.